The van der Waals surface area contributed by atoms with Gasteiger partial charge in [-0.1, -0.05) is 65.8 Å². The van der Waals surface area contributed by atoms with E-state index in [9.17, 15) is 51.6 Å². The maximum Gasteiger partial charge on any atom is 0.470 e. The molecule has 0 atom stereocenters. The highest BCUT2D eigenvalue weighted by Crippen LogP contribution is 2.43. The lowest BCUT2D eigenvalue weighted by Gasteiger charge is -2.29. The van der Waals surface area contributed by atoms with Gasteiger partial charge in [0.15, 0.2) is 26.8 Å². The van der Waals surface area contributed by atoms with Gasteiger partial charge in [0.2, 0.25) is 0 Å². The van der Waals surface area contributed by atoms with E-state index in [1.165, 1.54) is 18.3 Å². The SMILES string of the molecule is CC(C)(C)c1ccc([I+]c2ccc(C(C)(C)C)cc2)cc1.CS(=O)(=O)[C-](S(=O)(=O)C(F)(F)F)S(=O)(=O)C(F)(F)F. The average Bonchev–Trinajstić information content (AvgIpc) is 2.70. The second-order valence-electron chi connectivity index (χ2n) is 10.5. The standard InChI is InChI=1S/C20H26I.C4H3F6O6S3/c1-19(2,3)15-7-11-17(12-8-15)21-18-13-9-16(10-14-18)20(4,5)6;1-17(11,12)2(18(13,14)3(5,6)7)19(15,16)4(8,9)10/h7-14H,1-6H3;1H3/q+1;-1. The lowest BCUT2D eigenvalue weighted by Crippen LogP contribution is -3.61. The van der Waals surface area contributed by atoms with Crippen molar-refractivity contribution in [3.63, 3.8) is 0 Å². The van der Waals surface area contributed by atoms with Crippen LogP contribution in [0.1, 0.15) is 52.7 Å². The van der Waals surface area contributed by atoms with Gasteiger partial charge >= 0.3 is 32.2 Å². The van der Waals surface area contributed by atoms with Crippen molar-refractivity contribution in [2.45, 2.75) is 63.4 Å². The number of sulfone groups is 3. The van der Waals surface area contributed by atoms with Gasteiger partial charge in [-0.2, -0.15) is 26.3 Å². The zero-order valence-electron chi connectivity index (χ0n) is 22.4. The third-order valence-electron chi connectivity index (χ3n) is 4.99. The Bertz CT molecular complexity index is 1380. The Morgan fingerprint density at radius 3 is 0.975 bits per heavy atom. The van der Waals surface area contributed by atoms with Crippen LogP contribution in [-0.2, 0) is 40.3 Å². The molecule has 0 aliphatic carbocycles. The van der Waals surface area contributed by atoms with E-state index in [0.29, 0.717) is 0 Å². The van der Waals surface area contributed by atoms with E-state index in [2.05, 4.69) is 90.1 Å². The van der Waals surface area contributed by atoms with Crippen LogP contribution in [0.3, 0.4) is 0 Å². The van der Waals surface area contributed by atoms with Gasteiger partial charge in [-0.05, 0) is 46.2 Å². The number of alkyl halides is 6. The summed E-state index contributed by atoms with van der Waals surface area (Å²) in [6.07, 6.45) is -0.408. The lowest BCUT2D eigenvalue weighted by molar-refractivity contribution is -0.597. The van der Waals surface area contributed by atoms with Crippen molar-refractivity contribution < 1.29 is 72.8 Å². The number of halogens is 7. The molecule has 0 saturated carbocycles. The fraction of sp³-hybridized carbons (Fsp3) is 0.458. The van der Waals surface area contributed by atoms with Crippen LogP contribution in [0.4, 0.5) is 26.3 Å². The highest BCUT2D eigenvalue weighted by Gasteiger charge is 2.57. The number of hydrogen-bond acceptors (Lipinski definition) is 6. The molecule has 0 aromatic heterocycles. The van der Waals surface area contributed by atoms with E-state index in [1.807, 2.05) is 0 Å². The van der Waals surface area contributed by atoms with Crippen LogP contribution in [0.5, 0.6) is 0 Å². The molecule has 0 aliphatic heterocycles. The summed E-state index contributed by atoms with van der Waals surface area (Å²) >= 11 is -0.0703. The topological polar surface area (TPSA) is 102 Å². The zero-order valence-corrected chi connectivity index (χ0v) is 27.0. The molecule has 6 nitrogen and oxygen atoms in total. The maximum absolute atomic E-state index is 12.0. The van der Waals surface area contributed by atoms with E-state index in [-0.39, 0.29) is 32.0 Å². The monoisotopic (exact) mass is 750 g/mol. The van der Waals surface area contributed by atoms with Gasteiger partial charge in [0.25, 0.3) is 0 Å². The molecule has 0 saturated heterocycles. The van der Waals surface area contributed by atoms with E-state index >= 15 is 0 Å². The van der Waals surface area contributed by atoms with Gasteiger partial charge in [0, 0.05) is 6.26 Å². The molecule has 0 fully saturated rings. The summed E-state index contributed by atoms with van der Waals surface area (Å²) in [7, 11) is -20.3. The predicted octanol–water partition coefficient (Wildman–Crippen LogP) is 2.76. The fourth-order valence-electron chi connectivity index (χ4n) is 2.88. The molecule has 0 spiro atoms. The third kappa shape index (κ3) is 9.31. The quantitative estimate of drug-likeness (QED) is 0.265. The summed E-state index contributed by atoms with van der Waals surface area (Å²) < 4.78 is 136. The largest absolute Gasteiger partial charge is 0.470 e. The average molecular weight is 751 g/mol. The summed E-state index contributed by atoms with van der Waals surface area (Å²) in [6, 6.07) is 18.4. The third-order valence-corrected chi connectivity index (χ3v) is 14.8. The summed E-state index contributed by atoms with van der Waals surface area (Å²) in [5.41, 5.74) is -9.74. The molecule has 0 bridgehead atoms. The molecule has 0 amide bonds. The molecule has 0 heterocycles. The van der Waals surface area contributed by atoms with Crippen molar-refractivity contribution in [3.05, 3.63) is 70.7 Å². The Labute approximate surface area is 241 Å². The highest BCUT2D eigenvalue weighted by atomic mass is 127. The van der Waals surface area contributed by atoms with Crippen molar-refractivity contribution in [3.8, 4) is 0 Å². The Morgan fingerprint density at radius 1 is 0.550 bits per heavy atom. The van der Waals surface area contributed by atoms with Crippen molar-refractivity contribution in [1.82, 2.24) is 0 Å². The molecule has 2 aromatic rings. The Morgan fingerprint density at radius 2 is 0.800 bits per heavy atom. The van der Waals surface area contributed by atoms with Crippen molar-refractivity contribution in [2.24, 2.45) is 0 Å². The van der Waals surface area contributed by atoms with Crippen LogP contribution >= 0.6 is 0 Å². The second kappa shape index (κ2) is 12.1. The molecule has 228 valence electrons. The minimum Gasteiger partial charge on any atom is -0.260 e. The smallest absolute Gasteiger partial charge is 0.260 e. The molecule has 0 unspecified atom stereocenters. The Hall–Kier alpha value is -1.40. The molecule has 0 N–H and O–H groups in total. The number of hydrogen-bond donors (Lipinski definition) is 0. The van der Waals surface area contributed by atoms with E-state index in [1.54, 1.807) is 0 Å². The first kappa shape index (κ1) is 36.6. The molecular formula is C24H29F6IO6S3. The van der Waals surface area contributed by atoms with E-state index in [4.69, 9.17) is 0 Å². The molecule has 0 aliphatic rings. The van der Waals surface area contributed by atoms with E-state index < -0.39 is 50.7 Å². The number of benzene rings is 2. The maximum atomic E-state index is 12.0. The van der Waals surface area contributed by atoms with Crippen molar-refractivity contribution in [1.29, 1.82) is 0 Å². The van der Waals surface area contributed by atoms with Crippen LogP contribution in [0.2, 0.25) is 0 Å². The minimum absolute atomic E-state index is 0.0703. The van der Waals surface area contributed by atoms with Gasteiger partial charge < -0.3 is 0 Å². The van der Waals surface area contributed by atoms with Crippen LogP contribution in [0, 0.1) is 11.1 Å². The van der Waals surface area contributed by atoms with E-state index in [0.717, 1.165) is 0 Å². The van der Waals surface area contributed by atoms with Gasteiger partial charge in [-0.3, -0.25) is 25.3 Å². The first-order valence-corrected chi connectivity index (χ1v) is 18.1. The molecule has 16 heteroatoms. The highest BCUT2D eigenvalue weighted by molar-refractivity contribution is 8.29. The van der Waals surface area contributed by atoms with Crippen LogP contribution < -0.4 is 21.2 Å². The number of rotatable bonds is 5. The van der Waals surface area contributed by atoms with Crippen molar-refractivity contribution in [2.75, 3.05) is 6.26 Å². The normalized spacial score (nSPS) is 14.1. The van der Waals surface area contributed by atoms with Crippen molar-refractivity contribution >= 4 is 29.5 Å². The molecular weight excluding hydrogens is 721 g/mol. The van der Waals surface area contributed by atoms with Gasteiger partial charge in [-0.25, -0.2) is 0 Å². The molecule has 2 rings (SSSR count). The zero-order chi connectivity index (χ0) is 31.8. The fourth-order valence-corrected chi connectivity index (χ4v) is 10.9. The Kier molecular flexibility index (Phi) is 11.1. The second-order valence-corrected chi connectivity index (χ2v) is 20.0. The summed E-state index contributed by atoms with van der Waals surface area (Å²) in [5.74, 6) is 0. The van der Waals surface area contributed by atoms with Gasteiger partial charge in [-0.15, -0.1) is 0 Å². The van der Waals surface area contributed by atoms with Crippen LogP contribution in [0.25, 0.3) is 0 Å². The van der Waals surface area contributed by atoms with Gasteiger partial charge in [0.05, 0.1) is 13.8 Å². The first-order chi connectivity index (χ1) is 17.5. The minimum atomic E-state index is -7.22. The molecule has 40 heavy (non-hydrogen) atoms. The summed E-state index contributed by atoms with van der Waals surface area (Å²) in [6.45, 7) is 13.6. The van der Waals surface area contributed by atoms with Crippen LogP contribution in [0.15, 0.2) is 48.5 Å². The Balaban J connectivity index is 0.000000403. The predicted molar refractivity (Wildman–Crippen MR) is 136 cm³/mol. The first-order valence-electron chi connectivity index (χ1n) is 11.1. The molecule has 0 radical (unpaired) electrons. The lowest BCUT2D eigenvalue weighted by atomic mass is 9.87. The summed E-state index contributed by atoms with van der Waals surface area (Å²) in [5, 5.41) is 0. The van der Waals surface area contributed by atoms with Gasteiger partial charge in [0.1, 0.15) is 0 Å². The molecule has 2 aromatic carbocycles. The van der Waals surface area contributed by atoms with Crippen LogP contribution in [-0.4, -0.2) is 42.5 Å². The summed E-state index contributed by atoms with van der Waals surface area (Å²) in [4.78, 5) is 0.